The van der Waals surface area contributed by atoms with Gasteiger partial charge in [0, 0.05) is 18.8 Å². The molecule has 0 aromatic carbocycles. The number of rotatable bonds is 3. The molecule has 0 fully saturated rings. The Bertz CT molecular complexity index is 138. The summed E-state index contributed by atoms with van der Waals surface area (Å²) >= 11 is 0. The van der Waals surface area contributed by atoms with Gasteiger partial charge < -0.3 is 5.41 Å². The monoisotopic (exact) mass is 141 g/mol. The summed E-state index contributed by atoms with van der Waals surface area (Å²) in [7, 11) is 1.89. The lowest BCUT2D eigenvalue weighted by Gasteiger charge is -2.16. The van der Waals surface area contributed by atoms with Crippen LogP contribution in [-0.4, -0.2) is 30.0 Å². The molecule has 0 amide bonds. The van der Waals surface area contributed by atoms with Gasteiger partial charge in [-0.05, 0) is 20.8 Å². The highest BCUT2D eigenvalue weighted by Gasteiger charge is 1.95. The van der Waals surface area contributed by atoms with Crippen molar-refractivity contribution in [2.24, 2.45) is 5.10 Å². The van der Waals surface area contributed by atoms with Crippen LogP contribution in [0.1, 0.15) is 20.8 Å². The summed E-state index contributed by atoms with van der Waals surface area (Å²) in [6, 6.07) is 0.399. The first kappa shape index (κ1) is 9.14. The molecule has 0 rings (SSSR count). The van der Waals surface area contributed by atoms with Gasteiger partial charge in [-0.25, -0.2) is 0 Å². The van der Waals surface area contributed by atoms with Crippen LogP contribution in [0.4, 0.5) is 0 Å². The van der Waals surface area contributed by atoms with Crippen LogP contribution in [-0.2, 0) is 0 Å². The minimum absolute atomic E-state index is 0.399. The highest BCUT2D eigenvalue weighted by molar-refractivity contribution is 6.27. The third-order valence-corrected chi connectivity index (χ3v) is 1.18. The molecule has 3 nitrogen and oxygen atoms in total. The van der Waals surface area contributed by atoms with Crippen molar-refractivity contribution in [3.05, 3.63) is 0 Å². The third-order valence-electron chi connectivity index (χ3n) is 1.18. The summed E-state index contributed by atoms with van der Waals surface area (Å²) in [5.74, 6) is 0. The maximum atomic E-state index is 7.05. The van der Waals surface area contributed by atoms with Crippen LogP contribution >= 0.6 is 0 Å². The largest absolute Gasteiger partial charge is 0.304 e. The van der Waals surface area contributed by atoms with Gasteiger partial charge >= 0.3 is 0 Å². The van der Waals surface area contributed by atoms with E-state index in [1.807, 2.05) is 12.1 Å². The van der Waals surface area contributed by atoms with E-state index in [4.69, 9.17) is 5.41 Å². The molecule has 0 aromatic heterocycles. The topological polar surface area (TPSA) is 39.5 Å². The van der Waals surface area contributed by atoms with E-state index in [2.05, 4.69) is 18.9 Å². The maximum absolute atomic E-state index is 7.05. The molecule has 0 saturated heterocycles. The van der Waals surface area contributed by atoms with E-state index >= 15 is 0 Å². The number of hydrogen-bond acceptors (Lipinski definition) is 3. The molecule has 0 aliphatic carbocycles. The van der Waals surface area contributed by atoms with Gasteiger partial charge in [-0.15, -0.1) is 0 Å². The Morgan fingerprint density at radius 1 is 1.60 bits per heavy atom. The fourth-order valence-corrected chi connectivity index (χ4v) is 0.311. The van der Waals surface area contributed by atoms with Gasteiger partial charge in [0.15, 0.2) is 0 Å². The first-order valence-electron chi connectivity index (χ1n) is 3.36. The van der Waals surface area contributed by atoms with Crippen LogP contribution in [0.15, 0.2) is 5.10 Å². The number of nitrogens with zero attached hydrogens (tertiary/aromatic N) is 2. The van der Waals surface area contributed by atoms with Crippen molar-refractivity contribution < 1.29 is 0 Å². The average molecular weight is 141 g/mol. The highest BCUT2D eigenvalue weighted by Crippen LogP contribution is 1.91. The summed E-state index contributed by atoms with van der Waals surface area (Å²) in [6.45, 7) is 5.81. The standard InChI is InChI=1S/C7H15N3/c1-6(2)10(4)9-5-7(3)8/h5-6,8H,1-4H3. The zero-order chi connectivity index (χ0) is 8.15. The Labute approximate surface area is 62.2 Å². The van der Waals surface area contributed by atoms with Crippen LogP contribution in [0.5, 0.6) is 0 Å². The minimum Gasteiger partial charge on any atom is -0.304 e. The fraction of sp³-hybridized carbons (Fsp3) is 0.714. The van der Waals surface area contributed by atoms with E-state index in [1.165, 1.54) is 0 Å². The Kier molecular flexibility index (Phi) is 3.69. The molecule has 58 valence electrons. The lowest BCUT2D eigenvalue weighted by molar-refractivity contribution is 0.290. The first-order chi connectivity index (χ1) is 4.54. The molecule has 0 aliphatic heterocycles. The molecule has 0 bridgehead atoms. The summed E-state index contributed by atoms with van der Waals surface area (Å²) < 4.78 is 0. The van der Waals surface area contributed by atoms with Gasteiger partial charge in [0.1, 0.15) is 0 Å². The van der Waals surface area contributed by atoms with Crippen molar-refractivity contribution in [2.75, 3.05) is 7.05 Å². The molecular formula is C7H15N3. The van der Waals surface area contributed by atoms with E-state index in [0.717, 1.165) is 0 Å². The smallest absolute Gasteiger partial charge is 0.0675 e. The zero-order valence-corrected chi connectivity index (χ0v) is 7.05. The molecule has 0 saturated carbocycles. The van der Waals surface area contributed by atoms with E-state index in [1.54, 1.807) is 13.1 Å². The van der Waals surface area contributed by atoms with Gasteiger partial charge in [-0.2, -0.15) is 5.10 Å². The molecule has 1 N–H and O–H groups in total. The number of hydrogen-bond donors (Lipinski definition) is 1. The lowest BCUT2D eigenvalue weighted by Crippen LogP contribution is -2.20. The van der Waals surface area contributed by atoms with Gasteiger partial charge in [0.05, 0.1) is 6.21 Å². The minimum atomic E-state index is 0.399. The molecule has 0 radical (unpaired) electrons. The first-order valence-corrected chi connectivity index (χ1v) is 3.36. The SMILES string of the molecule is CC(=N)C=NN(C)C(C)C. The van der Waals surface area contributed by atoms with Gasteiger partial charge in [0.2, 0.25) is 0 Å². The van der Waals surface area contributed by atoms with Gasteiger partial charge in [0.25, 0.3) is 0 Å². The predicted molar refractivity (Wildman–Crippen MR) is 44.8 cm³/mol. The van der Waals surface area contributed by atoms with Crippen LogP contribution in [0.3, 0.4) is 0 Å². The Morgan fingerprint density at radius 3 is 2.40 bits per heavy atom. The molecular weight excluding hydrogens is 126 g/mol. The highest BCUT2D eigenvalue weighted by atomic mass is 15.4. The van der Waals surface area contributed by atoms with E-state index in [-0.39, 0.29) is 0 Å². The summed E-state index contributed by atoms with van der Waals surface area (Å²) in [4.78, 5) is 0. The molecule has 0 aliphatic rings. The van der Waals surface area contributed by atoms with E-state index in [0.29, 0.717) is 11.8 Å². The second kappa shape index (κ2) is 4.04. The predicted octanol–water partition coefficient (Wildman–Crippen LogP) is 1.35. The van der Waals surface area contributed by atoms with Crippen molar-refractivity contribution in [1.82, 2.24) is 5.01 Å². The van der Waals surface area contributed by atoms with Crippen molar-refractivity contribution in [2.45, 2.75) is 26.8 Å². The van der Waals surface area contributed by atoms with Gasteiger partial charge in [-0.3, -0.25) is 5.01 Å². The van der Waals surface area contributed by atoms with Crippen LogP contribution < -0.4 is 0 Å². The normalized spacial score (nSPS) is 10.9. The summed E-state index contributed by atoms with van der Waals surface area (Å²) in [5, 5.41) is 12.9. The molecule has 10 heavy (non-hydrogen) atoms. The second-order valence-corrected chi connectivity index (χ2v) is 2.59. The zero-order valence-electron chi connectivity index (χ0n) is 7.05. The van der Waals surface area contributed by atoms with E-state index < -0.39 is 0 Å². The lowest BCUT2D eigenvalue weighted by atomic mass is 10.4. The Balaban J connectivity index is 3.77. The molecule has 0 atom stereocenters. The van der Waals surface area contributed by atoms with Crippen LogP contribution in [0, 0.1) is 5.41 Å². The number of nitrogens with one attached hydrogen (secondary N) is 1. The van der Waals surface area contributed by atoms with Crippen molar-refractivity contribution >= 4 is 11.9 Å². The summed E-state index contributed by atoms with van der Waals surface area (Å²) in [6.07, 6.45) is 1.54. The molecule has 0 unspecified atom stereocenters. The molecule has 0 aromatic rings. The van der Waals surface area contributed by atoms with Crippen LogP contribution in [0.2, 0.25) is 0 Å². The maximum Gasteiger partial charge on any atom is 0.0675 e. The Morgan fingerprint density at radius 2 is 2.10 bits per heavy atom. The quantitative estimate of drug-likeness (QED) is 0.467. The van der Waals surface area contributed by atoms with Gasteiger partial charge in [-0.1, -0.05) is 0 Å². The third kappa shape index (κ3) is 4.06. The Hall–Kier alpha value is -0.860. The number of hydrazone groups is 1. The molecule has 3 heteroatoms. The van der Waals surface area contributed by atoms with Crippen LogP contribution in [0.25, 0.3) is 0 Å². The molecule has 0 heterocycles. The molecule has 0 spiro atoms. The average Bonchev–Trinajstić information content (AvgIpc) is 1.82. The van der Waals surface area contributed by atoms with Crippen molar-refractivity contribution in [1.29, 1.82) is 5.41 Å². The van der Waals surface area contributed by atoms with E-state index in [9.17, 15) is 0 Å². The fourth-order valence-electron chi connectivity index (χ4n) is 0.311. The van der Waals surface area contributed by atoms with Crippen molar-refractivity contribution in [3.63, 3.8) is 0 Å². The summed E-state index contributed by atoms with van der Waals surface area (Å²) in [5.41, 5.74) is 0.479. The van der Waals surface area contributed by atoms with Crippen molar-refractivity contribution in [3.8, 4) is 0 Å². The second-order valence-electron chi connectivity index (χ2n) is 2.59.